The number of hydrogen-bond donors (Lipinski definition) is 2. The normalized spacial score (nSPS) is 34.4. The van der Waals surface area contributed by atoms with Crippen LogP contribution in [0.5, 0.6) is 0 Å². The van der Waals surface area contributed by atoms with Gasteiger partial charge in [-0.15, -0.1) is 0 Å². The summed E-state index contributed by atoms with van der Waals surface area (Å²) < 4.78 is 4.52. The van der Waals surface area contributed by atoms with E-state index in [2.05, 4.69) is 28.5 Å². The molecule has 5 heteroatoms. The molecule has 16 heavy (non-hydrogen) atoms. The topological polar surface area (TPSA) is 84.9 Å². The molecule has 1 fully saturated rings. The molecule has 3 N–H and O–H groups in total. The fourth-order valence-electron chi connectivity index (χ4n) is 2.93. The second-order valence-corrected chi connectivity index (χ2v) is 5.29. The van der Waals surface area contributed by atoms with Crippen LogP contribution in [0.2, 0.25) is 0 Å². The van der Waals surface area contributed by atoms with Crippen molar-refractivity contribution in [3.05, 3.63) is 16.4 Å². The number of rotatable bonds is 3. The highest BCUT2D eigenvalue weighted by Gasteiger charge is 2.41. The lowest BCUT2D eigenvalue weighted by Crippen LogP contribution is -2.31. The van der Waals surface area contributed by atoms with Gasteiger partial charge in [-0.05, 0) is 36.6 Å². The van der Waals surface area contributed by atoms with Crippen LogP contribution in [0.4, 0.5) is 0 Å². The van der Waals surface area contributed by atoms with Crippen molar-refractivity contribution >= 4 is 0 Å². The van der Waals surface area contributed by atoms with E-state index in [4.69, 9.17) is 5.73 Å². The van der Waals surface area contributed by atoms with Gasteiger partial charge >= 0.3 is 5.76 Å². The Kier molecular flexibility index (Phi) is 2.88. The van der Waals surface area contributed by atoms with E-state index in [0.717, 1.165) is 12.8 Å². The molecule has 1 aliphatic carbocycles. The van der Waals surface area contributed by atoms with Crippen LogP contribution in [-0.2, 0) is 6.42 Å². The minimum absolute atomic E-state index is 0.0820. The van der Waals surface area contributed by atoms with Crippen molar-refractivity contribution in [2.24, 2.45) is 23.0 Å². The lowest BCUT2D eigenvalue weighted by Gasteiger charge is -2.26. The molecule has 1 aromatic rings. The number of aromatic nitrogens is 2. The Balaban J connectivity index is 2.14. The van der Waals surface area contributed by atoms with Gasteiger partial charge in [0.05, 0.1) is 0 Å². The Bertz CT molecular complexity index is 399. The molecule has 5 nitrogen and oxygen atoms in total. The highest BCUT2D eigenvalue weighted by atomic mass is 16.5. The molecular weight excluding hydrogens is 206 g/mol. The minimum Gasteiger partial charge on any atom is -0.330 e. The lowest BCUT2D eigenvalue weighted by atomic mass is 9.81. The summed E-state index contributed by atoms with van der Waals surface area (Å²) >= 11 is 0. The van der Waals surface area contributed by atoms with E-state index >= 15 is 0 Å². The summed E-state index contributed by atoms with van der Waals surface area (Å²) in [6, 6.07) is 0. The van der Waals surface area contributed by atoms with Gasteiger partial charge in [0.25, 0.3) is 0 Å². The number of nitrogens with one attached hydrogen (secondary N) is 1. The van der Waals surface area contributed by atoms with Crippen LogP contribution in [0.1, 0.15) is 32.5 Å². The largest absolute Gasteiger partial charge is 0.438 e. The van der Waals surface area contributed by atoms with Crippen LogP contribution in [0, 0.1) is 17.3 Å². The van der Waals surface area contributed by atoms with Crippen LogP contribution >= 0.6 is 0 Å². The third-order valence-electron chi connectivity index (χ3n) is 3.94. The molecule has 1 aliphatic rings. The first-order valence-corrected chi connectivity index (χ1v) is 5.79. The van der Waals surface area contributed by atoms with E-state index in [0.29, 0.717) is 30.6 Å². The van der Waals surface area contributed by atoms with E-state index in [9.17, 15) is 4.79 Å². The SMILES string of the molecule is C[C@@H]1C[C@@](CN)(Cc2noc(=O)[nH]2)C[C@@H]1C. The summed E-state index contributed by atoms with van der Waals surface area (Å²) in [5, 5.41) is 3.72. The highest BCUT2D eigenvalue weighted by molar-refractivity contribution is 4.98. The van der Waals surface area contributed by atoms with Crippen molar-refractivity contribution in [1.29, 1.82) is 0 Å². The summed E-state index contributed by atoms with van der Waals surface area (Å²) in [7, 11) is 0. The summed E-state index contributed by atoms with van der Waals surface area (Å²) in [6.07, 6.45) is 2.91. The van der Waals surface area contributed by atoms with Gasteiger partial charge in [-0.2, -0.15) is 0 Å². The lowest BCUT2D eigenvalue weighted by molar-refractivity contribution is 0.279. The van der Waals surface area contributed by atoms with Crippen LogP contribution in [0.15, 0.2) is 9.32 Å². The molecule has 1 aromatic heterocycles. The minimum atomic E-state index is -0.485. The summed E-state index contributed by atoms with van der Waals surface area (Å²) in [6.45, 7) is 5.15. The van der Waals surface area contributed by atoms with Gasteiger partial charge < -0.3 is 5.73 Å². The molecule has 1 saturated carbocycles. The molecule has 0 radical (unpaired) electrons. The smallest absolute Gasteiger partial charge is 0.330 e. The molecule has 0 aromatic carbocycles. The molecule has 0 aliphatic heterocycles. The van der Waals surface area contributed by atoms with Crippen molar-refractivity contribution in [3.63, 3.8) is 0 Å². The summed E-state index contributed by atoms with van der Waals surface area (Å²) in [5.74, 6) is 1.50. The Morgan fingerprint density at radius 1 is 1.50 bits per heavy atom. The summed E-state index contributed by atoms with van der Waals surface area (Å²) in [5.41, 5.74) is 5.98. The Labute approximate surface area is 94.4 Å². The van der Waals surface area contributed by atoms with Crippen molar-refractivity contribution < 1.29 is 4.52 Å². The van der Waals surface area contributed by atoms with Crippen LogP contribution < -0.4 is 11.5 Å². The van der Waals surface area contributed by atoms with Gasteiger partial charge in [-0.3, -0.25) is 9.51 Å². The first-order chi connectivity index (χ1) is 7.54. The molecule has 1 heterocycles. The van der Waals surface area contributed by atoms with Gasteiger partial charge in [0.1, 0.15) is 0 Å². The fraction of sp³-hybridized carbons (Fsp3) is 0.818. The van der Waals surface area contributed by atoms with Gasteiger partial charge in [0, 0.05) is 6.42 Å². The predicted molar refractivity (Wildman–Crippen MR) is 59.9 cm³/mol. The first-order valence-electron chi connectivity index (χ1n) is 5.79. The van der Waals surface area contributed by atoms with Crippen LogP contribution in [0.3, 0.4) is 0 Å². The van der Waals surface area contributed by atoms with E-state index in [1.807, 2.05) is 0 Å². The van der Waals surface area contributed by atoms with Gasteiger partial charge in [-0.25, -0.2) is 4.79 Å². The monoisotopic (exact) mass is 225 g/mol. The zero-order valence-corrected chi connectivity index (χ0v) is 9.82. The van der Waals surface area contributed by atoms with Crippen molar-refractivity contribution in [2.75, 3.05) is 6.54 Å². The van der Waals surface area contributed by atoms with Crippen LogP contribution in [-0.4, -0.2) is 16.7 Å². The fourth-order valence-corrected chi connectivity index (χ4v) is 2.93. The quantitative estimate of drug-likeness (QED) is 0.801. The molecule has 2 rings (SSSR count). The van der Waals surface area contributed by atoms with Crippen molar-refractivity contribution in [2.45, 2.75) is 33.1 Å². The third-order valence-corrected chi connectivity index (χ3v) is 3.94. The number of nitrogens with zero attached hydrogens (tertiary/aromatic N) is 1. The van der Waals surface area contributed by atoms with Crippen molar-refractivity contribution in [1.82, 2.24) is 10.1 Å². The van der Waals surface area contributed by atoms with Crippen LogP contribution in [0.25, 0.3) is 0 Å². The van der Waals surface area contributed by atoms with E-state index < -0.39 is 5.76 Å². The second kappa shape index (κ2) is 4.05. The van der Waals surface area contributed by atoms with Gasteiger partial charge in [0.2, 0.25) is 0 Å². The maximum absolute atomic E-state index is 10.9. The number of hydrogen-bond acceptors (Lipinski definition) is 4. The zero-order valence-electron chi connectivity index (χ0n) is 9.82. The number of H-pyrrole nitrogens is 1. The Hall–Kier alpha value is -1.10. The molecule has 0 amide bonds. The maximum Gasteiger partial charge on any atom is 0.438 e. The maximum atomic E-state index is 10.9. The predicted octanol–water partition coefficient (Wildman–Crippen LogP) is 0.916. The van der Waals surface area contributed by atoms with Gasteiger partial charge in [-0.1, -0.05) is 19.0 Å². The van der Waals surface area contributed by atoms with Gasteiger partial charge in [0.15, 0.2) is 5.82 Å². The molecule has 90 valence electrons. The Morgan fingerprint density at radius 3 is 2.56 bits per heavy atom. The Morgan fingerprint density at radius 2 is 2.12 bits per heavy atom. The number of nitrogens with two attached hydrogens (primary N) is 1. The molecule has 0 unspecified atom stereocenters. The molecular formula is C11H19N3O2. The van der Waals surface area contributed by atoms with E-state index in [1.165, 1.54) is 0 Å². The first kappa shape index (κ1) is 11.4. The molecule has 0 bridgehead atoms. The molecule has 0 saturated heterocycles. The molecule has 0 spiro atoms. The molecule has 3 atom stereocenters. The average molecular weight is 225 g/mol. The summed E-state index contributed by atoms with van der Waals surface area (Å²) in [4.78, 5) is 13.5. The zero-order chi connectivity index (χ0) is 11.8. The third kappa shape index (κ3) is 2.04. The number of aromatic amines is 1. The highest BCUT2D eigenvalue weighted by Crippen LogP contribution is 2.46. The van der Waals surface area contributed by atoms with Crippen molar-refractivity contribution in [3.8, 4) is 0 Å². The van der Waals surface area contributed by atoms with E-state index in [1.54, 1.807) is 0 Å². The van der Waals surface area contributed by atoms with E-state index in [-0.39, 0.29) is 5.41 Å². The standard InChI is InChI=1S/C11H19N3O2/c1-7-3-11(6-12,4-8(7)2)5-9-13-10(15)16-14-9/h7-8H,3-6,12H2,1-2H3,(H,13,14,15)/t7-,8+,11+. The average Bonchev–Trinajstić information content (AvgIpc) is 2.74. The second-order valence-electron chi connectivity index (χ2n) is 5.29.